The number of nitrogens with zero attached hydrogens (tertiary/aromatic N) is 2. The lowest BCUT2D eigenvalue weighted by Gasteiger charge is -2.33. The van der Waals surface area contributed by atoms with Crippen LogP contribution in [0.15, 0.2) is 40.9 Å². The molecule has 46 heavy (non-hydrogen) atoms. The van der Waals surface area contributed by atoms with Crippen molar-refractivity contribution < 1.29 is 26.9 Å². The van der Waals surface area contributed by atoms with Crippen molar-refractivity contribution in [3.8, 4) is 11.3 Å². The first-order chi connectivity index (χ1) is 22.2. The van der Waals surface area contributed by atoms with Gasteiger partial charge in [-0.05, 0) is 62.4 Å². The molecule has 3 aromatic rings. The van der Waals surface area contributed by atoms with Crippen LogP contribution in [0.5, 0.6) is 0 Å². The number of piperidine rings is 1. The Kier molecular flexibility index (Phi) is 10.6. The molecule has 0 spiro atoms. The molecule has 1 saturated heterocycles. The third-order valence-corrected chi connectivity index (χ3v) is 11.1. The zero-order valence-corrected chi connectivity index (χ0v) is 28.3. The number of hydrogen-bond donors (Lipinski definition) is 2. The SMILES string of the molecule is CCCCCCCC(NC(=O)c1ccc(N2C[C@@H]3C[C@H]2C[C@H]3OCc2c(-c3c(Cl)cccc3Cl)noc2C2CC2)c(F)c1)[SH](=O)=O. The second-order valence-electron chi connectivity index (χ2n) is 12.8. The molecular weight excluding hydrogens is 652 g/mol. The normalized spacial score (nSPS) is 21.3. The molecule has 2 bridgehead atoms. The number of fused-ring (bicyclic) bond motifs is 2. The van der Waals surface area contributed by atoms with Crippen molar-refractivity contribution in [2.45, 2.75) is 101 Å². The molecule has 3 aliphatic rings. The monoisotopic (exact) mass is 691 g/mol. The molecule has 2 heterocycles. The van der Waals surface area contributed by atoms with E-state index in [0.717, 1.165) is 62.7 Å². The van der Waals surface area contributed by atoms with Crippen molar-refractivity contribution in [2.24, 2.45) is 5.92 Å². The van der Waals surface area contributed by atoms with Gasteiger partial charge in [-0.25, -0.2) is 12.8 Å². The molecule has 1 amide bonds. The number of aromatic nitrogens is 1. The van der Waals surface area contributed by atoms with Gasteiger partial charge >= 0.3 is 0 Å². The van der Waals surface area contributed by atoms with Crippen LogP contribution in [0, 0.1) is 11.7 Å². The molecule has 1 N–H and O–H groups in total. The lowest BCUT2D eigenvalue weighted by molar-refractivity contribution is 0.0122. The molecule has 2 saturated carbocycles. The summed E-state index contributed by atoms with van der Waals surface area (Å²) < 4.78 is 51.2. The van der Waals surface area contributed by atoms with Crippen LogP contribution in [0.2, 0.25) is 10.0 Å². The molecule has 2 aromatic carbocycles. The zero-order valence-electron chi connectivity index (χ0n) is 25.9. The Hall–Kier alpha value is -2.66. The number of carbonyl (C=O) groups is 1. The van der Waals surface area contributed by atoms with E-state index in [1.165, 1.54) is 6.07 Å². The summed E-state index contributed by atoms with van der Waals surface area (Å²) in [6.07, 6.45) is 8.92. The molecule has 1 aromatic heterocycles. The third-order valence-electron chi connectivity index (χ3n) is 9.54. The van der Waals surface area contributed by atoms with Crippen molar-refractivity contribution in [1.29, 1.82) is 0 Å². The standard InChI is InChI=1S/C34H40Cl2FN3O5S/c1-2-3-4-5-6-10-30(46(42)43)38-34(41)21-13-14-28(27(37)16-21)40-18-22-15-23(40)17-29(22)44-19-24-32(39-45-33(24)20-11-12-20)31-25(35)8-7-9-26(31)36/h7-9,13-14,16,20,22-23,29-30,46H,2-6,10-12,15,17-19H2,1H3,(H,38,41)/t22-,23-,29+,30?/m0/s1. The highest BCUT2D eigenvalue weighted by Crippen LogP contribution is 2.47. The fourth-order valence-electron chi connectivity index (χ4n) is 6.93. The number of thiol groups is 1. The van der Waals surface area contributed by atoms with Gasteiger partial charge in [0.1, 0.15) is 22.6 Å². The maximum absolute atomic E-state index is 15.4. The molecule has 3 fully saturated rings. The predicted octanol–water partition coefficient (Wildman–Crippen LogP) is 7.88. The summed E-state index contributed by atoms with van der Waals surface area (Å²) in [5.74, 6) is 0.295. The van der Waals surface area contributed by atoms with E-state index < -0.39 is 27.8 Å². The Balaban J connectivity index is 1.07. The van der Waals surface area contributed by atoms with Gasteiger partial charge in [-0.1, -0.05) is 73.5 Å². The van der Waals surface area contributed by atoms with Crippen molar-refractivity contribution in [3.63, 3.8) is 0 Å². The Labute approximate surface area is 280 Å². The van der Waals surface area contributed by atoms with Crippen LogP contribution in [0.3, 0.4) is 0 Å². The zero-order chi connectivity index (χ0) is 32.4. The lowest BCUT2D eigenvalue weighted by atomic mass is 10.0. The van der Waals surface area contributed by atoms with Gasteiger partial charge in [-0.15, -0.1) is 0 Å². The first kappa shape index (κ1) is 33.2. The average molecular weight is 693 g/mol. The van der Waals surface area contributed by atoms with Crippen LogP contribution in [0.1, 0.15) is 98.7 Å². The third kappa shape index (κ3) is 7.25. The van der Waals surface area contributed by atoms with Crippen LogP contribution in [0.25, 0.3) is 11.3 Å². The minimum atomic E-state index is -2.84. The van der Waals surface area contributed by atoms with Gasteiger partial charge in [-0.2, -0.15) is 0 Å². The van der Waals surface area contributed by atoms with Gasteiger partial charge < -0.3 is 19.5 Å². The fourth-order valence-corrected chi connectivity index (χ4v) is 8.12. The number of halogens is 3. The second-order valence-corrected chi connectivity index (χ2v) is 14.8. The fraction of sp³-hybridized carbons (Fsp3) is 0.529. The van der Waals surface area contributed by atoms with E-state index in [1.54, 1.807) is 30.3 Å². The molecular formula is C34H40Cl2FN3O5S. The van der Waals surface area contributed by atoms with E-state index in [-0.39, 0.29) is 23.6 Å². The minimum Gasteiger partial charge on any atom is -0.373 e. The number of ether oxygens (including phenoxy) is 1. The van der Waals surface area contributed by atoms with Crippen molar-refractivity contribution in [1.82, 2.24) is 10.5 Å². The summed E-state index contributed by atoms with van der Waals surface area (Å²) in [5, 5.41) is 6.98. The predicted molar refractivity (Wildman–Crippen MR) is 178 cm³/mol. The molecule has 0 radical (unpaired) electrons. The summed E-state index contributed by atoms with van der Waals surface area (Å²) >= 11 is 13.0. The van der Waals surface area contributed by atoms with Crippen LogP contribution < -0.4 is 10.2 Å². The first-order valence-electron chi connectivity index (χ1n) is 16.3. The van der Waals surface area contributed by atoms with E-state index >= 15 is 4.39 Å². The maximum atomic E-state index is 15.4. The van der Waals surface area contributed by atoms with Gasteiger partial charge in [0.15, 0.2) is 10.7 Å². The average Bonchev–Trinajstić information content (AvgIpc) is 3.48. The van der Waals surface area contributed by atoms with E-state index in [4.69, 9.17) is 32.5 Å². The minimum absolute atomic E-state index is 0.00105. The smallest absolute Gasteiger partial charge is 0.252 e. The summed E-state index contributed by atoms with van der Waals surface area (Å²) in [5.41, 5.74) is 2.70. The Morgan fingerprint density at radius 2 is 1.89 bits per heavy atom. The van der Waals surface area contributed by atoms with Crippen molar-refractivity contribution in [3.05, 3.63) is 69.1 Å². The van der Waals surface area contributed by atoms with E-state index in [0.29, 0.717) is 58.9 Å². The molecule has 12 heteroatoms. The first-order valence-corrected chi connectivity index (χ1v) is 18.3. The molecule has 1 aliphatic heterocycles. The summed E-state index contributed by atoms with van der Waals surface area (Å²) in [6.45, 7) is 3.08. The number of benzene rings is 2. The number of unbranched alkanes of at least 4 members (excludes halogenated alkanes) is 4. The molecule has 6 rings (SSSR count). The maximum Gasteiger partial charge on any atom is 0.252 e. The highest BCUT2D eigenvalue weighted by atomic mass is 35.5. The van der Waals surface area contributed by atoms with Crippen LogP contribution in [0.4, 0.5) is 10.1 Å². The van der Waals surface area contributed by atoms with Crippen molar-refractivity contribution >= 4 is 45.5 Å². The van der Waals surface area contributed by atoms with Gasteiger partial charge in [-0.3, -0.25) is 4.79 Å². The largest absolute Gasteiger partial charge is 0.373 e. The second kappa shape index (κ2) is 14.6. The van der Waals surface area contributed by atoms with E-state index in [9.17, 15) is 13.2 Å². The quantitative estimate of drug-likeness (QED) is 0.124. The highest BCUT2D eigenvalue weighted by Gasteiger charge is 2.46. The number of amides is 1. The number of anilines is 1. The number of hydrogen-bond acceptors (Lipinski definition) is 7. The van der Waals surface area contributed by atoms with E-state index in [1.807, 2.05) is 0 Å². The molecule has 248 valence electrons. The van der Waals surface area contributed by atoms with Gasteiger partial charge in [0.25, 0.3) is 5.91 Å². The Morgan fingerprint density at radius 1 is 1.13 bits per heavy atom. The molecule has 2 aliphatic carbocycles. The number of rotatable bonds is 15. The van der Waals surface area contributed by atoms with Crippen LogP contribution in [-0.2, 0) is 22.0 Å². The van der Waals surface area contributed by atoms with Gasteiger partial charge in [0.2, 0.25) is 0 Å². The molecule has 4 atom stereocenters. The Morgan fingerprint density at radius 3 is 2.54 bits per heavy atom. The lowest BCUT2D eigenvalue weighted by Crippen LogP contribution is -2.39. The molecule has 8 nitrogen and oxygen atoms in total. The topological polar surface area (TPSA) is 102 Å². The van der Waals surface area contributed by atoms with Crippen LogP contribution in [-0.4, -0.2) is 43.5 Å². The van der Waals surface area contributed by atoms with Crippen molar-refractivity contribution in [2.75, 3.05) is 11.4 Å². The summed E-state index contributed by atoms with van der Waals surface area (Å²) in [7, 11) is -2.84. The van der Waals surface area contributed by atoms with E-state index in [2.05, 4.69) is 22.3 Å². The van der Waals surface area contributed by atoms with Gasteiger partial charge in [0.05, 0.1) is 28.4 Å². The van der Waals surface area contributed by atoms with Crippen LogP contribution >= 0.6 is 23.2 Å². The number of nitrogens with one attached hydrogen (secondary N) is 1. The highest BCUT2D eigenvalue weighted by molar-refractivity contribution is 7.73. The molecule has 1 unspecified atom stereocenters. The summed E-state index contributed by atoms with van der Waals surface area (Å²) in [4.78, 5) is 14.9. The van der Waals surface area contributed by atoms with Gasteiger partial charge in [0, 0.05) is 41.1 Å². The number of carbonyl (C=O) groups excluding carboxylic acids is 1. The summed E-state index contributed by atoms with van der Waals surface area (Å²) in [6, 6.07) is 9.85. The Bertz CT molecular complexity index is 1620.